The van der Waals surface area contributed by atoms with Crippen molar-refractivity contribution in [3.05, 3.63) is 77.3 Å². The Morgan fingerprint density at radius 2 is 1.68 bits per heavy atom. The van der Waals surface area contributed by atoms with E-state index in [2.05, 4.69) is 22.1 Å². The first-order valence-electron chi connectivity index (χ1n) is 9.38. The van der Waals surface area contributed by atoms with Crippen LogP contribution in [0.3, 0.4) is 0 Å². The van der Waals surface area contributed by atoms with E-state index >= 15 is 0 Å². The second-order valence-electron chi connectivity index (χ2n) is 6.73. The van der Waals surface area contributed by atoms with Crippen molar-refractivity contribution in [1.82, 2.24) is 10.6 Å². The van der Waals surface area contributed by atoms with Crippen LogP contribution in [0.2, 0.25) is 5.02 Å². The molecule has 146 valence electrons. The third kappa shape index (κ3) is 4.73. The first-order chi connectivity index (χ1) is 13.6. The predicted molar refractivity (Wildman–Crippen MR) is 113 cm³/mol. The first-order valence-corrected chi connectivity index (χ1v) is 9.76. The molecule has 0 aromatic heterocycles. The van der Waals surface area contributed by atoms with Gasteiger partial charge in [0.2, 0.25) is 0 Å². The molecule has 0 spiro atoms. The second-order valence-corrected chi connectivity index (χ2v) is 7.14. The third-order valence-electron chi connectivity index (χ3n) is 4.84. The first kappa shape index (κ1) is 20.0. The van der Waals surface area contributed by atoms with Crippen molar-refractivity contribution < 1.29 is 9.59 Å². The molecular formula is C22H24ClN3O2. The van der Waals surface area contributed by atoms with Gasteiger partial charge < -0.3 is 15.5 Å². The maximum absolute atomic E-state index is 12.5. The van der Waals surface area contributed by atoms with Gasteiger partial charge >= 0.3 is 0 Å². The van der Waals surface area contributed by atoms with Crippen LogP contribution in [0.4, 0.5) is 5.69 Å². The summed E-state index contributed by atoms with van der Waals surface area (Å²) in [7, 11) is 0. The summed E-state index contributed by atoms with van der Waals surface area (Å²) >= 11 is 6.11. The van der Waals surface area contributed by atoms with Crippen LogP contribution in [0.1, 0.15) is 33.6 Å². The molecule has 0 unspecified atom stereocenters. The molecule has 1 heterocycles. The molecule has 0 bridgehead atoms. The highest BCUT2D eigenvalue weighted by Crippen LogP contribution is 2.25. The molecule has 6 heteroatoms. The van der Waals surface area contributed by atoms with E-state index < -0.39 is 0 Å². The number of hydrogen-bond acceptors (Lipinski definition) is 3. The number of para-hydroxylation sites is 1. The lowest BCUT2D eigenvalue weighted by Gasteiger charge is -2.35. The fraction of sp³-hybridized carbons (Fsp3) is 0.273. The topological polar surface area (TPSA) is 61.4 Å². The molecule has 2 aromatic rings. The van der Waals surface area contributed by atoms with Crippen molar-refractivity contribution in [2.24, 2.45) is 0 Å². The zero-order valence-corrected chi connectivity index (χ0v) is 16.4. The highest BCUT2D eigenvalue weighted by atomic mass is 35.5. The van der Waals surface area contributed by atoms with E-state index in [0.29, 0.717) is 22.7 Å². The molecule has 1 fully saturated rings. The SMILES string of the molecule is C=CCNC(=O)c1ccccc1N1CCC(NC(=O)c2ccccc2Cl)CC1. The van der Waals surface area contributed by atoms with Gasteiger partial charge in [-0.05, 0) is 37.1 Å². The molecule has 0 atom stereocenters. The van der Waals surface area contributed by atoms with Crippen molar-refractivity contribution in [2.45, 2.75) is 18.9 Å². The number of anilines is 1. The quantitative estimate of drug-likeness (QED) is 0.731. The second kappa shape index (κ2) is 9.42. The number of piperidine rings is 1. The minimum absolute atomic E-state index is 0.0850. The lowest BCUT2D eigenvalue weighted by atomic mass is 10.0. The number of benzene rings is 2. The monoisotopic (exact) mass is 397 g/mol. The summed E-state index contributed by atoms with van der Waals surface area (Å²) in [4.78, 5) is 27.1. The van der Waals surface area contributed by atoms with Crippen LogP contribution in [-0.2, 0) is 0 Å². The third-order valence-corrected chi connectivity index (χ3v) is 5.17. The number of nitrogens with one attached hydrogen (secondary N) is 2. The van der Waals surface area contributed by atoms with Crippen molar-refractivity contribution in [3.63, 3.8) is 0 Å². The molecule has 28 heavy (non-hydrogen) atoms. The fourth-order valence-electron chi connectivity index (χ4n) is 3.37. The minimum atomic E-state index is -0.145. The molecule has 0 saturated carbocycles. The normalized spacial score (nSPS) is 14.4. The van der Waals surface area contributed by atoms with Gasteiger partial charge in [-0.1, -0.05) is 41.9 Å². The van der Waals surface area contributed by atoms with E-state index in [1.165, 1.54) is 0 Å². The van der Waals surface area contributed by atoms with Gasteiger partial charge in [0, 0.05) is 31.4 Å². The molecule has 1 aliphatic rings. The zero-order valence-electron chi connectivity index (χ0n) is 15.7. The van der Waals surface area contributed by atoms with Crippen molar-refractivity contribution in [2.75, 3.05) is 24.5 Å². The molecule has 2 amide bonds. The van der Waals surface area contributed by atoms with Crippen molar-refractivity contribution >= 4 is 29.1 Å². The Kier molecular flexibility index (Phi) is 6.71. The summed E-state index contributed by atoms with van der Waals surface area (Å²) in [6.45, 7) is 5.59. The smallest absolute Gasteiger partial charge is 0.253 e. The van der Waals surface area contributed by atoms with Crippen molar-refractivity contribution in [3.8, 4) is 0 Å². The molecule has 2 aromatic carbocycles. The van der Waals surface area contributed by atoms with Crippen LogP contribution in [0.5, 0.6) is 0 Å². The number of carbonyl (C=O) groups is 2. The predicted octanol–water partition coefficient (Wildman–Crippen LogP) is 3.65. The Morgan fingerprint density at radius 1 is 1.04 bits per heavy atom. The number of carbonyl (C=O) groups excluding carboxylic acids is 2. The Morgan fingerprint density at radius 3 is 2.36 bits per heavy atom. The van der Waals surface area contributed by atoms with Gasteiger partial charge in [0.25, 0.3) is 11.8 Å². The highest BCUT2D eigenvalue weighted by Gasteiger charge is 2.24. The summed E-state index contributed by atoms with van der Waals surface area (Å²) in [6, 6.07) is 14.7. The summed E-state index contributed by atoms with van der Waals surface area (Å²) < 4.78 is 0. The standard InChI is InChI=1S/C22H24ClN3O2/c1-2-13-24-21(27)18-8-4-6-10-20(18)26-14-11-16(12-15-26)25-22(28)17-7-3-5-9-19(17)23/h2-10,16H,1,11-15H2,(H,24,27)(H,25,28). The van der Waals surface area contributed by atoms with E-state index in [0.717, 1.165) is 31.6 Å². The van der Waals surface area contributed by atoms with Gasteiger partial charge in [-0.25, -0.2) is 0 Å². The number of hydrogen-bond donors (Lipinski definition) is 2. The molecule has 5 nitrogen and oxygen atoms in total. The summed E-state index contributed by atoms with van der Waals surface area (Å²) in [6.07, 6.45) is 3.27. The molecule has 1 saturated heterocycles. The van der Waals surface area contributed by atoms with Crippen LogP contribution in [-0.4, -0.2) is 37.5 Å². The van der Waals surface area contributed by atoms with Crippen molar-refractivity contribution in [1.29, 1.82) is 0 Å². The molecule has 0 radical (unpaired) electrons. The average Bonchev–Trinajstić information content (AvgIpc) is 2.73. The lowest BCUT2D eigenvalue weighted by Crippen LogP contribution is -2.45. The van der Waals surface area contributed by atoms with E-state index in [-0.39, 0.29) is 17.9 Å². The van der Waals surface area contributed by atoms with Crippen LogP contribution in [0, 0.1) is 0 Å². The van der Waals surface area contributed by atoms with Gasteiger partial charge in [-0.15, -0.1) is 6.58 Å². The molecule has 3 rings (SSSR count). The Bertz CT molecular complexity index is 860. The maximum atomic E-state index is 12.5. The van der Waals surface area contributed by atoms with Crippen LogP contribution < -0.4 is 15.5 Å². The largest absolute Gasteiger partial charge is 0.371 e. The van der Waals surface area contributed by atoms with Gasteiger partial charge in [0.05, 0.1) is 16.1 Å². The average molecular weight is 398 g/mol. The zero-order chi connectivity index (χ0) is 19.9. The van der Waals surface area contributed by atoms with Gasteiger partial charge in [0.15, 0.2) is 0 Å². The number of nitrogens with zero attached hydrogens (tertiary/aromatic N) is 1. The fourth-order valence-corrected chi connectivity index (χ4v) is 3.60. The summed E-state index contributed by atoms with van der Waals surface area (Å²) in [5.41, 5.74) is 2.07. The van der Waals surface area contributed by atoms with Gasteiger partial charge in [0.1, 0.15) is 0 Å². The molecule has 2 N–H and O–H groups in total. The minimum Gasteiger partial charge on any atom is -0.371 e. The summed E-state index contributed by atoms with van der Waals surface area (Å²) in [5, 5.41) is 6.36. The molecule has 1 aliphatic heterocycles. The van der Waals surface area contributed by atoms with Crippen LogP contribution in [0.25, 0.3) is 0 Å². The lowest BCUT2D eigenvalue weighted by molar-refractivity contribution is 0.0930. The van der Waals surface area contributed by atoms with Gasteiger partial charge in [-0.2, -0.15) is 0 Å². The Hall–Kier alpha value is -2.79. The van der Waals surface area contributed by atoms with E-state index in [4.69, 9.17) is 11.6 Å². The van der Waals surface area contributed by atoms with E-state index in [9.17, 15) is 9.59 Å². The van der Waals surface area contributed by atoms with E-state index in [1.54, 1.807) is 30.3 Å². The van der Waals surface area contributed by atoms with Crippen LogP contribution in [0.15, 0.2) is 61.2 Å². The molecule has 0 aliphatic carbocycles. The maximum Gasteiger partial charge on any atom is 0.253 e. The van der Waals surface area contributed by atoms with Gasteiger partial charge in [-0.3, -0.25) is 9.59 Å². The summed E-state index contributed by atoms with van der Waals surface area (Å²) in [5.74, 6) is -0.252. The van der Waals surface area contributed by atoms with Crippen LogP contribution >= 0.6 is 11.6 Å². The number of halogens is 1. The Balaban J connectivity index is 1.61. The molecular weight excluding hydrogens is 374 g/mol. The number of amides is 2. The number of rotatable bonds is 6. The van der Waals surface area contributed by atoms with E-state index in [1.807, 2.05) is 24.3 Å². The highest BCUT2D eigenvalue weighted by molar-refractivity contribution is 6.33. The Labute approximate surface area is 170 Å².